The van der Waals surface area contributed by atoms with Crippen LogP contribution in [-0.4, -0.2) is 35.1 Å². The Morgan fingerprint density at radius 3 is 1.53 bits per heavy atom. The molecule has 2 aromatic carbocycles. The predicted molar refractivity (Wildman–Crippen MR) is 112 cm³/mol. The molecule has 162 valence electrons. The van der Waals surface area contributed by atoms with Crippen molar-refractivity contribution < 1.29 is 28.6 Å². The predicted octanol–water partition coefficient (Wildman–Crippen LogP) is 1.71. The average molecular weight is 434 g/mol. The fraction of sp³-hybridized carbons (Fsp3) is 0.0909. The molecule has 4 aromatic rings. The molecule has 10 heteroatoms. The molecule has 0 aliphatic rings. The number of fused-ring (bicyclic) bond motifs is 2. The molecule has 2 heterocycles. The van der Waals surface area contributed by atoms with Crippen LogP contribution in [0.2, 0.25) is 0 Å². The van der Waals surface area contributed by atoms with Crippen LogP contribution in [0.25, 0.3) is 21.9 Å². The van der Waals surface area contributed by atoms with E-state index in [1.54, 1.807) is 12.1 Å². The lowest BCUT2D eigenvalue weighted by Gasteiger charge is -2.08. The van der Waals surface area contributed by atoms with Gasteiger partial charge in [0, 0.05) is 36.0 Å². The Bertz CT molecular complexity index is 1370. The van der Waals surface area contributed by atoms with E-state index >= 15 is 0 Å². The fourth-order valence-corrected chi connectivity index (χ4v) is 3.11. The minimum atomic E-state index is -0.551. The van der Waals surface area contributed by atoms with Crippen LogP contribution >= 0.6 is 0 Å². The summed E-state index contributed by atoms with van der Waals surface area (Å²) in [7, 11) is 0. The van der Waals surface area contributed by atoms with E-state index in [-0.39, 0.29) is 58.0 Å². The molecule has 0 aliphatic carbocycles. The number of hydrogen-bond donors (Lipinski definition) is 6. The molecular weight excluding hydrogens is 416 g/mol. The minimum Gasteiger partial charge on any atom is -0.508 e. The summed E-state index contributed by atoms with van der Waals surface area (Å²) < 4.78 is 10.6. The second-order valence-electron chi connectivity index (χ2n) is 6.93. The molecule has 0 atom stereocenters. The lowest BCUT2D eigenvalue weighted by atomic mass is 10.1. The van der Waals surface area contributed by atoms with Crippen LogP contribution in [0.5, 0.6) is 11.5 Å². The summed E-state index contributed by atoms with van der Waals surface area (Å²) in [5.74, 6) is -1.13. The smallest absolute Gasteiger partial charge is 0.256 e. The van der Waals surface area contributed by atoms with Crippen molar-refractivity contribution >= 4 is 33.8 Å². The summed E-state index contributed by atoms with van der Waals surface area (Å²) in [5.41, 5.74) is -0.124. The molecule has 4 rings (SSSR count). The molecule has 0 spiro atoms. The first-order chi connectivity index (χ1) is 15.3. The number of carbonyl (C=O) groups is 2. The zero-order valence-electron chi connectivity index (χ0n) is 16.6. The summed E-state index contributed by atoms with van der Waals surface area (Å²) >= 11 is 0. The van der Waals surface area contributed by atoms with Crippen molar-refractivity contribution in [2.45, 2.75) is 0 Å². The molecule has 0 unspecified atom stereocenters. The second kappa shape index (κ2) is 8.26. The van der Waals surface area contributed by atoms with Gasteiger partial charge in [0.1, 0.15) is 33.8 Å². The van der Waals surface area contributed by atoms with Gasteiger partial charge in [-0.15, -0.1) is 0 Å². The minimum absolute atomic E-state index is 0.0122. The van der Waals surface area contributed by atoms with Crippen LogP contribution in [0.15, 0.2) is 57.4 Å². The number of carbonyl (C=O) groups excluding carboxylic acids is 2. The number of phenolic OH excluding ortho intramolecular Hbond substituents is 2. The molecule has 0 radical (unpaired) electrons. The lowest BCUT2D eigenvalue weighted by molar-refractivity contribution is 0.0923. The number of rotatable bonds is 5. The van der Waals surface area contributed by atoms with Gasteiger partial charge in [-0.2, -0.15) is 0 Å². The number of hydrogen-bond acceptors (Lipinski definition) is 8. The highest BCUT2D eigenvalue weighted by atomic mass is 16.3. The number of amides is 2. The van der Waals surface area contributed by atoms with Crippen molar-refractivity contribution in [3.05, 3.63) is 70.8 Å². The molecule has 10 nitrogen and oxygen atoms in total. The monoisotopic (exact) mass is 434 g/mol. The highest BCUT2D eigenvalue weighted by molar-refractivity contribution is 5.97. The van der Waals surface area contributed by atoms with E-state index in [1.165, 1.54) is 36.4 Å². The van der Waals surface area contributed by atoms with Crippen LogP contribution < -0.4 is 21.7 Å². The van der Waals surface area contributed by atoms with E-state index in [0.717, 1.165) is 0 Å². The Kier molecular flexibility index (Phi) is 5.34. The quantitative estimate of drug-likeness (QED) is 0.261. The molecule has 0 saturated heterocycles. The van der Waals surface area contributed by atoms with E-state index in [9.17, 15) is 19.8 Å². The largest absolute Gasteiger partial charge is 0.508 e. The first-order valence-electron chi connectivity index (χ1n) is 9.51. The Labute approximate surface area is 179 Å². The molecule has 0 fully saturated rings. The summed E-state index contributed by atoms with van der Waals surface area (Å²) in [6.07, 6.45) is 0. The van der Waals surface area contributed by atoms with Crippen LogP contribution in [-0.2, 0) is 0 Å². The topological polar surface area (TPSA) is 173 Å². The first kappa shape index (κ1) is 20.7. The van der Waals surface area contributed by atoms with E-state index in [0.29, 0.717) is 10.8 Å². The molecule has 0 aliphatic heterocycles. The van der Waals surface area contributed by atoms with Crippen molar-refractivity contribution in [2.75, 3.05) is 13.1 Å². The van der Waals surface area contributed by atoms with Gasteiger partial charge in [-0.25, -0.2) is 0 Å². The van der Waals surface area contributed by atoms with Gasteiger partial charge in [0.2, 0.25) is 11.1 Å². The molecule has 2 aromatic heterocycles. The second-order valence-corrected chi connectivity index (χ2v) is 6.93. The van der Waals surface area contributed by atoms with Gasteiger partial charge in [0.05, 0.1) is 0 Å². The van der Waals surface area contributed by atoms with E-state index in [2.05, 4.69) is 10.6 Å². The standard InChI is InChI=1S/C22H18N4O6/c23-19-15(7-11-1-3-13(27)9-17(11)31-19)21(29)25-5-6-26-22(30)16-8-12-2-4-14(28)10-18(12)32-20(16)24/h1-4,7-10,23-24,27-28H,5-6H2,(H,25,29)(H,26,30). The number of aromatic hydroxyl groups is 2. The van der Waals surface area contributed by atoms with Crippen molar-refractivity contribution in [1.29, 1.82) is 10.8 Å². The van der Waals surface area contributed by atoms with Crippen molar-refractivity contribution in [3.63, 3.8) is 0 Å². The van der Waals surface area contributed by atoms with Gasteiger partial charge in [-0.1, -0.05) is 0 Å². The normalized spacial score (nSPS) is 10.9. The van der Waals surface area contributed by atoms with Gasteiger partial charge >= 0.3 is 0 Å². The summed E-state index contributed by atoms with van der Waals surface area (Å²) in [6.45, 7) is 0.146. The van der Waals surface area contributed by atoms with Crippen molar-refractivity contribution in [1.82, 2.24) is 10.6 Å². The molecular formula is C22H18N4O6. The Morgan fingerprint density at radius 1 is 0.719 bits per heavy atom. The van der Waals surface area contributed by atoms with Crippen LogP contribution in [0.1, 0.15) is 20.7 Å². The van der Waals surface area contributed by atoms with E-state index < -0.39 is 11.8 Å². The fourth-order valence-electron chi connectivity index (χ4n) is 3.11. The van der Waals surface area contributed by atoms with Gasteiger partial charge in [-0.3, -0.25) is 20.4 Å². The zero-order valence-corrected chi connectivity index (χ0v) is 16.6. The number of benzene rings is 2. The van der Waals surface area contributed by atoms with Gasteiger partial charge < -0.3 is 29.7 Å². The molecule has 0 saturated carbocycles. The van der Waals surface area contributed by atoms with Gasteiger partial charge in [-0.05, 0) is 36.4 Å². The molecule has 6 N–H and O–H groups in total. The maximum atomic E-state index is 12.4. The SMILES string of the molecule is N=c1oc2cc(O)ccc2cc1C(=O)NCCNC(=O)c1cc2ccc(O)cc2oc1=N. The Hall–Kier alpha value is -4.60. The number of nitrogens with one attached hydrogen (secondary N) is 4. The molecule has 32 heavy (non-hydrogen) atoms. The number of phenols is 2. The maximum Gasteiger partial charge on any atom is 0.256 e. The van der Waals surface area contributed by atoms with Crippen LogP contribution in [0.3, 0.4) is 0 Å². The van der Waals surface area contributed by atoms with Gasteiger partial charge in [0.15, 0.2) is 0 Å². The average Bonchev–Trinajstić information content (AvgIpc) is 2.75. The van der Waals surface area contributed by atoms with Crippen molar-refractivity contribution in [2.24, 2.45) is 0 Å². The third kappa shape index (κ3) is 4.15. The third-order valence-electron chi connectivity index (χ3n) is 4.69. The first-order valence-corrected chi connectivity index (χ1v) is 9.51. The lowest BCUT2D eigenvalue weighted by Crippen LogP contribution is -2.37. The maximum absolute atomic E-state index is 12.4. The van der Waals surface area contributed by atoms with Crippen molar-refractivity contribution in [3.8, 4) is 11.5 Å². The zero-order chi connectivity index (χ0) is 22.8. The van der Waals surface area contributed by atoms with E-state index in [1.807, 2.05) is 0 Å². The highest BCUT2D eigenvalue weighted by Gasteiger charge is 2.14. The van der Waals surface area contributed by atoms with Crippen LogP contribution in [0.4, 0.5) is 0 Å². The molecule has 2 amide bonds. The van der Waals surface area contributed by atoms with Crippen LogP contribution in [0, 0.1) is 10.8 Å². The van der Waals surface area contributed by atoms with E-state index in [4.69, 9.17) is 19.7 Å². The summed E-state index contributed by atoms with van der Waals surface area (Å²) in [6, 6.07) is 11.7. The highest BCUT2D eigenvalue weighted by Crippen LogP contribution is 2.20. The van der Waals surface area contributed by atoms with Gasteiger partial charge in [0.25, 0.3) is 11.8 Å². The summed E-state index contributed by atoms with van der Waals surface area (Å²) in [4.78, 5) is 24.8. The Balaban J connectivity index is 1.39. The third-order valence-corrected chi connectivity index (χ3v) is 4.69. The Morgan fingerprint density at radius 2 is 1.12 bits per heavy atom. The molecule has 0 bridgehead atoms. The summed E-state index contributed by atoms with van der Waals surface area (Å²) in [5, 5.41) is 41.0.